The number of benzene rings is 2. The second kappa shape index (κ2) is 7.72. The van der Waals surface area contributed by atoms with Gasteiger partial charge in [0.25, 0.3) is 11.8 Å². The summed E-state index contributed by atoms with van der Waals surface area (Å²) >= 11 is 0. The van der Waals surface area contributed by atoms with Gasteiger partial charge in [0.15, 0.2) is 0 Å². The van der Waals surface area contributed by atoms with Gasteiger partial charge in [0.1, 0.15) is 5.60 Å². The highest BCUT2D eigenvalue weighted by Gasteiger charge is 2.40. The Hall–Kier alpha value is -3.36. The molecule has 1 atom stereocenters. The molecule has 0 saturated carbocycles. The van der Waals surface area contributed by atoms with Crippen molar-refractivity contribution in [2.45, 2.75) is 45.5 Å². The topological polar surface area (TPSA) is 75.7 Å². The van der Waals surface area contributed by atoms with Crippen LogP contribution in [0.25, 0.3) is 0 Å². The molecule has 1 N–H and O–H groups in total. The molecule has 0 fully saturated rings. The van der Waals surface area contributed by atoms with Crippen LogP contribution < -0.4 is 10.2 Å². The molecule has 2 aromatic carbocycles. The van der Waals surface area contributed by atoms with Gasteiger partial charge in [0, 0.05) is 0 Å². The molecule has 0 bridgehead atoms. The van der Waals surface area contributed by atoms with Gasteiger partial charge in [-0.2, -0.15) is 13.2 Å². The molecule has 164 valence electrons. The molecule has 0 spiro atoms. The number of rotatable bonds is 3. The Kier molecular flexibility index (Phi) is 5.56. The number of hydrogen-bond donors (Lipinski definition) is 1. The fourth-order valence-electron chi connectivity index (χ4n) is 3.29. The summed E-state index contributed by atoms with van der Waals surface area (Å²) in [4.78, 5) is 37.9. The summed E-state index contributed by atoms with van der Waals surface area (Å²) in [6, 6.07) is 8.13. The predicted molar refractivity (Wildman–Crippen MR) is 107 cm³/mol. The van der Waals surface area contributed by atoms with E-state index in [0.717, 1.165) is 17.0 Å². The summed E-state index contributed by atoms with van der Waals surface area (Å²) in [5.41, 5.74) is -2.04. The monoisotopic (exact) mass is 434 g/mol. The number of nitrogens with zero attached hydrogens (tertiary/aromatic N) is 1. The number of alkyl carbamates (subject to hydrolysis) is 1. The van der Waals surface area contributed by atoms with Crippen LogP contribution in [-0.4, -0.2) is 23.5 Å². The first-order chi connectivity index (χ1) is 14.3. The van der Waals surface area contributed by atoms with Gasteiger partial charge in [-0.25, -0.2) is 9.69 Å². The zero-order valence-electron chi connectivity index (χ0n) is 17.3. The SMILES string of the molecule is CC(NC(=O)OC(C)(C)C)c1ccc(N2C(=O)c3ccccc3C2=O)cc1C(F)(F)F. The summed E-state index contributed by atoms with van der Waals surface area (Å²) in [6.07, 6.45) is -5.65. The standard InChI is InChI=1S/C22H21F3N2O4/c1-12(26-20(30)31-21(2,3)4)14-10-9-13(11-17(14)22(23,24)25)27-18(28)15-7-5-6-8-16(15)19(27)29/h5-12H,1-4H3,(H,26,30). The highest BCUT2D eigenvalue weighted by atomic mass is 19.4. The van der Waals surface area contributed by atoms with Crippen molar-refractivity contribution >= 4 is 23.6 Å². The van der Waals surface area contributed by atoms with Crippen molar-refractivity contribution in [3.05, 3.63) is 64.7 Å². The second-order valence-electron chi connectivity index (χ2n) is 8.13. The summed E-state index contributed by atoms with van der Waals surface area (Å²) in [5.74, 6) is -1.39. The van der Waals surface area contributed by atoms with E-state index in [0.29, 0.717) is 0 Å². The minimum absolute atomic E-state index is 0.130. The van der Waals surface area contributed by atoms with Gasteiger partial charge in [-0.3, -0.25) is 9.59 Å². The van der Waals surface area contributed by atoms with E-state index in [1.807, 2.05) is 0 Å². The smallest absolute Gasteiger partial charge is 0.416 e. The molecule has 9 heteroatoms. The molecule has 1 heterocycles. The lowest BCUT2D eigenvalue weighted by atomic mass is 9.99. The number of alkyl halides is 3. The zero-order valence-corrected chi connectivity index (χ0v) is 17.3. The highest BCUT2D eigenvalue weighted by Crippen LogP contribution is 2.38. The first kappa shape index (κ1) is 22.3. The van der Waals surface area contributed by atoms with Gasteiger partial charge < -0.3 is 10.1 Å². The number of ether oxygens (including phenoxy) is 1. The lowest BCUT2D eigenvalue weighted by Crippen LogP contribution is -2.35. The molecule has 0 saturated heterocycles. The van der Waals surface area contributed by atoms with E-state index in [9.17, 15) is 27.6 Å². The number of imide groups is 1. The maximum atomic E-state index is 13.8. The normalized spacial score (nSPS) is 15.0. The number of carbonyl (C=O) groups excluding carboxylic acids is 3. The van der Waals surface area contributed by atoms with Crippen LogP contribution in [0.5, 0.6) is 0 Å². The molecule has 1 unspecified atom stereocenters. The lowest BCUT2D eigenvalue weighted by Gasteiger charge is -2.24. The van der Waals surface area contributed by atoms with E-state index in [1.54, 1.807) is 32.9 Å². The van der Waals surface area contributed by atoms with Crippen molar-refractivity contribution in [2.24, 2.45) is 0 Å². The molecule has 31 heavy (non-hydrogen) atoms. The third-order valence-electron chi connectivity index (χ3n) is 4.59. The molecule has 0 radical (unpaired) electrons. The molecule has 0 aliphatic carbocycles. The number of carbonyl (C=O) groups is 3. The minimum Gasteiger partial charge on any atom is -0.444 e. The van der Waals surface area contributed by atoms with Gasteiger partial charge >= 0.3 is 12.3 Å². The molecule has 3 rings (SSSR count). The van der Waals surface area contributed by atoms with E-state index in [-0.39, 0.29) is 22.4 Å². The van der Waals surface area contributed by atoms with Crippen molar-refractivity contribution in [3.63, 3.8) is 0 Å². The van der Waals surface area contributed by atoms with E-state index in [4.69, 9.17) is 4.74 Å². The Bertz CT molecular complexity index is 1020. The molecule has 1 aliphatic rings. The quantitative estimate of drug-likeness (QED) is 0.683. The Morgan fingerprint density at radius 2 is 1.55 bits per heavy atom. The summed E-state index contributed by atoms with van der Waals surface area (Å²) in [5, 5.41) is 2.38. The van der Waals surface area contributed by atoms with Crippen molar-refractivity contribution in [2.75, 3.05) is 4.90 Å². The second-order valence-corrected chi connectivity index (χ2v) is 8.13. The third kappa shape index (κ3) is 4.55. The number of fused-ring (bicyclic) bond motifs is 1. The number of nitrogens with one attached hydrogen (secondary N) is 1. The van der Waals surface area contributed by atoms with Crippen LogP contribution in [0.2, 0.25) is 0 Å². The van der Waals surface area contributed by atoms with Crippen LogP contribution >= 0.6 is 0 Å². The largest absolute Gasteiger partial charge is 0.444 e. The maximum Gasteiger partial charge on any atom is 0.416 e. The summed E-state index contributed by atoms with van der Waals surface area (Å²) < 4.78 is 46.5. The molecular weight excluding hydrogens is 413 g/mol. The van der Waals surface area contributed by atoms with Crippen molar-refractivity contribution < 1.29 is 32.3 Å². The number of halogens is 3. The first-order valence-electron chi connectivity index (χ1n) is 9.48. The molecule has 3 amide bonds. The van der Waals surface area contributed by atoms with Crippen LogP contribution in [-0.2, 0) is 10.9 Å². The predicted octanol–water partition coefficient (Wildman–Crippen LogP) is 5.09. The number of amides is 3. The fraction of sp³-hybridized carbons (Fsp3) is 0.318. The van der Waals surface area contributed by atoms with Crippen LogP contribution in [0.1, 0.15) is 65.6 Å². The molecule has 0 aromatic heterocycles. The molecule has 2 aromatic rings. The maximum absolute atomic E-state index is 13.8. The average molecular weight is 434 g/mol. The summed E-state index contributed by atoms with van der Waals surface area (Å²) in [6.45, 7) is 6.29. The van der Waals surface area contributed by atoms with Crippen molar-refractivity contribution in [1.82, 2.24) is 5.32 Å². The van der Waals surface area contributed by atoms with Gasteiger partial charge in [-0.05, 0) is 57.5 Å². The van der Waals surface area contributed by atoms with Gasteiger partial charge in [0.05, 0.1) is 28.4 Å². The average Bonchev–Trinajstić information content (AvgIpc) is 2.90. The Morgan fingerprint density at radius 1 is 1.00 bits per heavy atom. The van der Waals surface area contributed by atoms with E-state index in [2.05, 4.69) is 5.32 Å². The molecular formula is C22H21F3N2O4. The number of hydrogen-bond acceptors (Lipinski definition) is 4. The zero-order chi connectivity index (χ0) is 23.1. The van der Waals surface area contributed by atoms with Crippen LogP contribution in [0.4, 0.5) is 23.7 Å². The van der Waals surface area contributed by atoms with Crippen molar-refractivity contribution in [3.8, 4) is 0 Å². The summed E-state index contributed by atoms with van der Waals surface area (Å²) in [7, 11) is 0. The first-order valence-corrected chi connectivity index (χ1v) is 9.48. The van der Waals surface area contributed by atoms with Crippen LogP contribution in [0.3, 0.4) is 0 Å². The van der Waals surface area contributed by atoms with E-state index in [1.165, 1.54) is 25.1 Å². The van der Waals surface area contributed by atoms with Crippen LogP contribution in [0.15, 0.2) is 42.5 Å². The van der Waals surface area contributed by atoms with Gasteiger partial charge in [-0.1, -0.05) is 18.2 Å². The molecule has 6 nitrogen and oxygen atoms in total. The Labute approximate surface area is 177 Å². The van der Waals surface area contributed by atoms with E-state index >= 15 is 0 Å². The highest BCUT2D eigenvalue weighted by molar-refractivity contribution is 6.34. The fourth-order valence-corrected chi connectivity index (χ4v) is 3.29. The Morgan fingerprint density at radius 3 is 2.03 bits per heavy atom. The van der Waals surface area contributed by atoms with Gasteiger partial charge in [-0.15, -0.1) is 0 Å². The minimum atomic E-state index is -4.78. The molecule has 1 aliphatic heterocycles. The lowest BCUT2D eigenvalue weighted by molar-refractivity contribution is -0.138. The number of anilines is 1. The van der Waals surface area contributed by atoms with Crippen molar-refractivity contribution in [1.29, 1.82) is 0 Å². The van der Waals surface area contributed by atoms with Crippen LogP contribution in [0, 0.1) is 0 Å². The Balaban J connectivity index is 1.96. The third-order valence-corrected chi connectivity index (χ3v) is 4.59. The van der Waals surface area contributed by atoms with E-state index < -0.39 is 41.3 Å². The van der Waals surface area contributed by atoms with Gasteiger partial charge in [0.2, 0.25) is 0 Å².